The number of benzene rings is 1. The van der Waals surface area contributed by atoms with Gasteiger partial charge in [-0.15, -0.1) is 0 Å². The highest BCUT2D eigenvalue weighted by Gasteiger charge is 2.26. The van der Waals surface area contributed by atoms with Crippen LogP contribution in [-0.2, 0) is 4.74 Å². The third-order valence-corrected chi connectivity index (χ3v) is 3.67. The van der Waals surface area contributed by atoms with E-state index in [4.69, 9.17) is 9.47 Å². The molecule has 0 radical (unpaired) electrons. The standard InChI is InChI=1S/C14H18FNO2/c15-13-3-1-2-12(10-4-6-16-7-5-10)14(13)18-11-8-17-9-11/h1-3,10-11,16H,4-9H2. The second-order valence-electron chi connectivity index (χ2n) is 4.96. The van der Waals surface area contributed by atoms with Crippen LogP contribution in [0.3, 0.4) is 0 Å². The summed E-state index contributed by atoms with van der Waals surface area (Å²) in [6, 6.07) is 5.24. The zero-order chi connectivity index (χ0) is 12.4. The fraction of sp³-hybridized carbons (Fsp3) is 0.571. The van der Waals surface area contributed by atoms with Crippen LogP contribution < -0.4 is 10.1 Å². The van der Waals surface area contributed by atoms with E-state index in [0.717, 1.165) is 31.5 Å². The maximum Gasteiger partial charge on any atom is 0.165 e. The van der Waals surface area contributed by atoms with E-state index in [1.54, 1.807) is 6.07 Å². The van der Waals surface area contributed by atoms with Gasteiger partial charge in [0.1, 0.15) is 6.10 Å². The molecule has 2 heterocycles. The summed E-state index contributed by atoms with van der Waals surface area (Å²) in [6.07, 6.45) is 2.10. The number of ether oxygens (including phenoxy) is 2. The minimum atomic E-state index is -0.252. The first kappa shape index (κ1) is 11.9. The van der Waals surface area contributed by atoms with Gasteiger partial charge in [0.25, 0.3) is 0 Å². The summed E-state index contributed by atoms with van der Waals surface area (Å²) >= 11 is 0. The Balaban J connectivity index is 1.84. The average molecular weight is 251 g/mol. The smallest absolute Gasteiger partial charge is 0.165 e. The highest BCUT2D eigenvalue weighted by molar-refractivity contribution is 5.38. The Morgan fingerprint density at radius 2 is 2.00 bits per heavy atom. The number of nitrogens with one attached hydrogen (secondary N) is 1. The lowest BCUT2D eigenvalue weighted by molar-refractivity contribution is -0.0813. The van der Waals surface area contributed by atoms with Crippen LogP contribution >= 0.6 is 0 Å². The van der Waals surface area contributed by atoms with Crippen molar-refractivity contribution < 1.29 is 13.9 Å². The average Bonchev–Trinajstić information content (AvgIpc) is 2.36. The third-order valence-electron chi connectivity index (χ3n) is 3.67. The molecule has 0 saturated carbocycles. The van der Waals surface area contributed by atoms with Crippen molar-refractivity contribution in [3.8, 4) is 5.75 Å². The molecule has 2 aliphatic heterocycles. The molecule has 2 aliphatic rings. The summed E-state index contributed by atoms with van der Waals surface area (Å²) in [4.78, 5) is 0. The molecule has 2 saturated heterocycles. The van der Waals surface area contributed by atoms with Crippen molar-refractivity contribution in [3.63, 3.8) is 0 Å². The van der Waals surface area contributed by atoms with Crippen LogP contribution in [0.1, 0.15) is 24.3 Å². The quantitative estimate of drug-likeness (QED) is 0.892. The number of hydrogen-bond donors (Lipinski definition) is 1. The molecule has 1 N–H and O–H groups in total. The van der Waals surface area contributed by atoms with Gasteiger partial charge in [-0.05, 0) is 37.9 Å². The van der Waals surface area contributed by atoms with Crippen molar-refractivity contribution >= 4 is 0 Å². The molecule has 4 heteroatoms. The van der Waals surface area contributed by atoms with Crippen molar-refractivity contribution in [2.24, 2.45) is 0 Å². The van der Waals surface area contributed by atoms with E-state index in [-0.39, 0.29) is 11.9 Å². The molecule has 0 atom stereocenters. The number of piperidine rings is 1. The first-order chi connectivity index (χ1) is 8.84. The van der Waals surface area contributed by atoms with E-state index in [0.29, 0.717) is 24.9 Å². The van der Waals surface area contributed by atoms with Crippen molar-refractivity contribution in [2.75, 3.05) is 26.3 Å². The van der Waals surface area contributed by atoms with Gasteiger partial charge in [-0.1, -0.05) is 12.1 Å². The summed E-state index contributed by atoms with van der Waals surface area (Å²) in [5, 5.41) is 3.33. The van der Waals surface area contributed by atoms with Crippen LogP contribution in [0.5, 0.6) is 5.75 Å². The molecule has 0 bridgehead atoms. The van der Waals surface area contributed by atoms with Gasteiger partial charge in [0.2, 0.25) is 0 Å². The molecule has 1 aromatic carbocycles. The van der Waals surface area contributed by atoms with Crippen molar-refractivity contribution in [3.05, 3.63) is 29.6 Å². The van der Waals surface area contributed by atoms with Crippen LogP contribution in [0.25, 0.3) is 0 Å². The fourth-order valence-electron chi connectivity index (χ4n) is 2.55. The first-order valence-electron chi connectivity index (χ1n) is 6.58. The van der Waals surface area contributed by atoms with Crippen LogP contribution in [0.15, 0.2) is 18.2 Å². The second-order valence-corrected chi connectivity index (χ2v) is 4.96. The van der Waals surface area contributed by atoms with Crippen molar-refractivity contribution in [1.82, 2.24) is 5.32 Å². The van der Waals surface area contributed by atoms with E-state index >= 15 is 0 Å². The molecule has 98 valence electrons. The molecular formula is C14H18FNO2. The third kappa shape index (κ3) is 2.35. The Morgan fingerprint density at radius 3 is 2.67 bits per heavy atom. The Hall–Kier alpha value is -1.13. The molecule has 2 fully saturated rings. The molecule has 0 aliphatic carbocycles. The minimum absolute atomic E-state index is 0.0161. The predicted molar refractivity (Wildman–Crippen MR) is 66.5 cm³/mol. The number of halogens is 1. The molecule has 0 amide bonds. The number of para-hydroxylation sites is 1. The Labute approximate surface area is 106 Å². The van der Waals surface area contributed by atoms with Gasteiger partial charge in [-0.25, -0.2) is 4.39 Å². The first-order valence-corrected chi connectivity index (χ1v) is 6.58. The zero-order valence-corrected chi connectivity index (χ0v) is 10.3. The predicted octanol–water partition coefficient (Wildman–Crippen LogP) is 2.07. The van der Waals surface area contributed by atoms with Crippen LogP contribution in [0, 0.1) is 5.82 Å². The van der Waals surface area contributed by atoms with Gasteiger partial charge in [-0.3, -0.25) is 0 Å². The largest absolute Gasteiger partial charge is 0.482 e. The lowest BCUT2D eigenvalue weighted by Gasteiger charge is -2.30. The second kappa shape index (κ2) is 5.24. The van der Waals surface area contributed by atoms with Gasteiger partial charge in [0.05, 0.1) is 13.2 Å². The normalized spacial score (nSPS) is 21.6. The lowest BCUT2D eigenvalue weighted by atomic mass is 9.89. The number of rotatable bonds is 3. The van der Waals surface area contributed by atoms with Gasteiger partial charge >= 0.3 is 0 Å². The molecule has 0 unspecified atom stereocenters. The Bertz CT molecular complexity index is 414. The summed E-state index contributed by atoms with van der Waals surface area (Å²) < 4.78 is 24.8. The van der Waals surface area contributed by atoms with Gasteiger partial charge in [0, 0.05) is 5.56 Å². The SMILES string of the molecule is Fc1cccc(C2CCNCC2)c1OC1COC1. The molecular weight excluding hydrogens is 233 g/mol. The highest BCUT2D eigenvalue weighted by Crippen LogP contribution is 2.35. The van der Waals surface area contributed by atoms with Gasteiger partial charge in [0.15, 0.2) is 11.6 Å². The van der Waals surface area contributed by atoms with Gasteiger partial charge in [-0.2, -0.15) is 0 Å². The van der Waals surface area contributed by atoms with E-state index in [1.807, 2.05) is 6.07 Å². The van der Waals surface area contributed by atoms with E-state index in [1.165, 1.54) is 6.07 Å². The topological polar surface area (TPSA) is 30.5 Å². The van der Waals surface area contributed by atoms with Crippen LogP contribution in [0.4, 0.5) is 4.39 Å². The maximum atomic E-state index is 13.9. The molecule has 0 spiro atoms. The van der Waals surface area contributed by atoms with Crippen LogP contribution in [-0.4, -0.2) is 32.4 Å². The summed E-state index contributed by atoms with van der Waals surface area (Å²) in [7, 11) is 0. The molecule has 3 rings (SSSR count). The van der Waals surface area contributed by atoms with E-state index in [9.17, 15) is 4.39 Å². The summed E-state index contributed by atoms with van der Waals surface area (Å²) in [5.74, 6) is 0.591. The molecule has 3 nitrogen and oxygen atoms in total. The molecule has 18 heavy (non-hydrogen) atoms. The van der Waals surface area contributed by atoms with E-state index in [2.05, 4.69) is 5.32 Å². The minimum Gasteiger partial charge on any atom is -0.482 e. The van der Waals surface area contributed by atoms with E-state index < -0.39 is 0 Å². The summed E-state index contributed by atoms with van der Waals surface area (Å²) in [5.41, 5.74) is 1.02. The van der Waals surface area contributed by atoms with Crippen molar-refractivity contribution in [1.29, 1.82) is 0 Å². The van der Waals surface area contributed by atoms with Crippen LogP contribution in [0.2, 0.25) is 0 Å². The monoisotopic (exact) mass is 251 g/mol. The Kier molecular flexibility index (Phi) is 3.48. The highest BCUT2D eigenvalue weighted by atomic mass is 19.1. The molecule has 0 aromatic heterocycles. The fourth-order valence-corrected chi connectivity index (χ4v) is 2.55. The number of hydrogen-bond acceptors (Lipinski definition) is 3. The maximum absolute atomic E-state index is 13.9. The Morgan fingerprint density at radius 1 is 1.22 bits per heavy atom. The van der Waals surface area contributed by atoms with Gasteiger partial charge < -0.3 is 14.8 Å². The zero-order valence-electron chi connectivity index (χ0n) is 10.3. The molecule has 1 aromatic rings. The van der Waals surface area contributed by atoms with Crippen molar-refractivity contribution in [2.45, 2.75) is 24.9 Å². The summed E-state index contributed by atoms with van der Waals surface area (Å²) in [6.45, 7) is 3.13. The lowest BCUT2D eigenvalue weighted by Crippen LogP contribution is -2.39.